The van der Waals surface area contributed by atoms with Gasteiger partial charge in [-0.15, -0.1) is 0 Å². The van der Waals surface area contributed by atoms with Crippen LogP contribution in [0.15, 0.2) is 29.2 Å². The minimum Gasteiger partial charge on any atom is -0.266 e. The van der Waals surface area contributed by atoms with Gasteiger partial charge in [0.2, 0.25) is 0 Å². The molecule has 0 fully saturated rings. The van der Waals surface area contributed by atoms with Crippen LogP contribution in [0.4, 0.5) is 0 Å². The number of hydrogen-bond donors (Lipinski definition) is 0. The Morgan fingerprint density at radius 2 is 1.83 bits per heavy atom. The summed E-state index contributed by atoms with van der Waals surface area (Å²) < 4.78 is 29.0. The molecule has 0 spiro atoms. The Labute approximate surface area is 110 Å². The maximum atomic E-state index is 12.0. The van der Waals surface area contributed by atoms with Crippen molar-refractivity contribution in [3.05, 3.63) is 29.8 Å². The third kappa shape index (κ3) is 4.10. The predicted octanol–water partition coefficient (Wildman–Crippen LogP) is 3.35. The predicted molar refractivity (Wildman–Crippen MR) is 73.1 cm³/mol. The third-order valence-electron chi connectivity index (χ3n) is 2.55. The first kappa shape index (κ1) is 15.2. The largest absolute Gasteiger partial charge is 0.296 e. The standard InChI is InChI=1S/C14H22O3S/c1-11(2)10-17-18(15,16)13-8-6-7-12(9-13)14(3,4)5/h6-9,11H,10H2,1-5H3. The first-order valence-electron chi connectivity index (χ1n) is 6.13. The van der Waals surface area contributed by atoms with Gasteiger partial charge in [-0.2, -0.15) is 8.42 Å². The molecule has 1 aromatic rings. The molecule has 0 aliphatic rings. The van der Waals surface area contributed by atoms with Crippen molar-refractivity contribution in [3.8, 4) is 0 Å². The molecule has 0 unspecified atom stereocenters. The van der Waals surface area contributed by atoms with Crippen LogP contribution in [0.3, 0.4) is 0 Å². The second-order valence-corrected chi connectivity index (χ2v) is 7.53. The summed E-state index contributed by atoms with van der Waals surface area (Å²) in [5, 5.41) is 0. The molecule has 0 heterocycles. The lowest BCUT2D eigenvalue weighted by atomic mass is 9.87. The lowest BCUT2D eigenvalue weighted by molar-refractivity contribution is 0.275. The van der Waals surface area contributed by atoms with Crippen molar-refractivity contribution in [1.82, 2.24) is 0 Å². The Kier molecular flexibility index (Phi) is 4.56. The number of hydrogen-bond acceptors (Lipinski definition) is 3. The van der Waals surface area contributed by atoms with E-state index in [1.54, 1.807) is 18.2 Å². The van der Waals surface area contributed by atoms with Crippen LogP contribution in [0.2, 0.25) is 0 Å². The smallest absolute Gasteiger partial charge is 0.266 e. The molecule has 0 amide bonds. The summed E-state index contributed by atoms with van der Waals surface area (Å²) in [6.45, 7) is 10.2. The summed E-state index contributed by atoms with van der Waals surface area (Å²) in [6, 6.07) is 6.95. The average Bonchev–Trinajstić information content (AvgIpc) is 2.26. The van der Waals surface area contributed by atoms with Crippen LogP contribution >= 0.6 is 0 Å². The molecule has 1 rings (SSSR count). The van der Waals surface area contributed by atoms with Crippen molar-refractivity contribution in [2.45, 2.75) is 44.9 Å². The van der Waals surface area contributed by atoms with E-state index in [-0.39, 0.29) is 22.8 Å². The van der Waals surface area contributed by atoms with Crippen LogP contribution in [0, 0.1) is 5.92 Å². The summed E-state index contributed by atoms with van der Waals surface area (Å²) in [6.07, 6.45) is 0. The molecule has 0 bridgehead atoms. The monoisotopic (exact) mass is 270 g/mol. The summed E-state index contributed by atoms with van der Waals surface area (Å²) in [5.41, 5.74) is 0.903. The van der Waals surface area contributed by atoms with Gasteiger partial charge in [0.25, 0.3) is 10.1 Å². The van der Waals surface area contributed by atoms with Gasteiger partial charge in [-0.3, -0.25) is 4.18 Å². The quantitative estimate of drug-likeness (QED) is 0.788. The second kappa shape index (κ2) is 5.41. The Balaban J connectivity index is 3.03. The topological polar surface area (TPSA) is 43.4 Å². The maximum absolute atomic E-state index is 12.0. The third-order valence-corrected chi connectivity index (χ3v) is 3.82. The Morgan fingerprint density at radius 3 is 2.33 bits per heavy atom. The molecule has 18 heavy (non-hydrogen) atoms. The lowest BCUT2D eigenvalue weighted by Gasteiger charge is -2.19. The zero-order chi connectivity index (χ0) is 14.0. The van der Waals surface area contributed by atoms with Gasteiger partial charge in [-0.25, -0.2) is 0 Å². The van der Waals surface area contributed by atoms with Gasteiger partial charge in [0.15, 0.2) is 0 Å². The van der Waals surface area contributed by atoms with E-state index in [1.165, 1.54) is 0 Å². The minimum absolute atomic E-state index is 0.0798. The fourth-order valence-corrected chi connectivity index (χ4v) is 2.52. The highest BCUT2D eigenvalue weighted by molar-refractivity contribution is 7.86. The minimum atomic E-state index is -3.64. The number of benzene rings is 1. The highest BCUT2D eigenvalue weighted by Gasteiger charge is 2.20. The Hall–Kier alpha value is -0.870. The van der Waals surface area contributed by atoms with Crippen LogP contribution < -0.4 is 0 Å². The summed E-state index contributed by atoms with van der Waals surface area (Å²) in [7, 11) is -3.64. The lowest BCUT2D eigenvalue weighted by Crippen LogP contribution is -2.14. The van der Waals surface area contributed by atoms with Crippen molar-refractivity contribution >= 4 is 10.1 Å². The van der Waals surface area contributed by atoms with Gasteiger partial charge in [-0.1, -0.05) is 46.8 Å². The van der Waals surface area contributed by atoms with Crippen molar-refractivity contribution in [1.29, 1.82) is 0 Å². The molecule has 3 nitrogen and oxygen atoms in total. The first-order chi connectivity index (χ1) is 8.13. The van der Waals surface area contributed by atoms with E-state index < -0.39 is 10.1 Å². The van der Waals surface area contributed by atoms with Crippen LogP contribution in [-0.4, -0.2) is 15.0 Å². The molecule has 0 atom stereocenters. The van der Waals surface area contributed by atoms with Crippen LogP contribution in [0.1, 0.15) is 40.2 Å². The molecule has 0 aliphatic carbocycles. The van der Waals surface area contributed by atoms with Gasteiger partial charge in [0.1, 0.15) is 0 Å². The molecular formula is C14H22O3S. The van der Waals surface area contributed by atoms with Gasteiger partial charge in [0.05, 0.1) is 11.5 Å². The molecule has 1 aromatic carbocycles. The first-order valence-corrected chi connectivity index (χ1v) is 7.54. The van der Waals surface area contributed by atoms with Crippen molar-refractivity contribution in [3.63, 3.8) is 0 Å². The molecule has 0 aliphatic heterocycles. The Morgan fingerprint density at radius 1 is 1.22 bits per heavy atom. The molecule has 0 N–H and O–H groups in total. The SMILES string of the molecule is CC(C)COS(=O)(=O)c1cccc(C(C)(C)C)c1. The molecule has 4 heteroatoms. The van der Waals surface area contributed by atoms with Crippen LogP contribution in [-0.2, 0) is 19.7 Å². The molecule has 0 aromatic heterocycles. The van der Waals surface area contributed by atoms with Gasteiger partial charge in [0, 0.05) is 0 Å². The van der Waals surface area contributed by atoms with Gasteiger partial charge >= 0.3 is 0 Å². The van der Waals surface area contributed by atoms with Crippen molar-refractivity contribution in [2.24, 2.45) is 5.92 Å². The van der Waals surface area contributed by atoms with E-state index in [2.05, 4.69) is 0 Å². The van der Waals surface area contributed by atoms with Crippen LogP contribution in [0.25, 0.3) is 0 Å². The average molecular weight is 270 g/mol. The Bertz CT molecular complexity index is 496. The van der Waals surface area contributed by atoms with Crippen molar-refractivity contribution in [2.75, 3.05) is 6.61 Å². The van der Waals surface area contributed by atoms with Gasteiger partial charge < -0.3 is 0 Å². The van der Waals surface area contributed by atoms with E-state index in [1.807, 2.05) is 40.7 Å². The summed E-state index contributed by atoms with van der Waals surface area (Å²) in [4.78, 5) is 0.232. The second-order valence-electron chi connectivity index (χ2n) is 5.91. The van der Waals surface area contributed by atoms with Crippen LogP contribution in [0.5, 0.6) is 0 Å². The van der Waals surface area contributed by atoms with E-state index >= 15 is 0 Å². The summed E-state index contributed by atoms with van der Waals surface area (Å²) in [5.74, 6) is 0.186. The fraction of sp³-hybridized carbons (Fsp3) is 0.571. The highest BCUT2D eigenvalue weighted by atomic mass is 32.2. The molecule has 102 valence electrons. The zero-order valence-electron chi connectivity index (χ0n) is 11.7. The van der Waals surface area contributed by atoms with E-state index in [0.29, 0.717) is 0 Å². The molecule has 0 saturated heterocycles. The van der Waals surface area contributed by atoms with E-state index in [0.717, 1.165) is 5.56 Å². The highest BCUT2D eigenvalue weighted by Crippen LogP contribution is 2.25. The van der Waals surface area contributed by atoms with Gasteiger partial charge in [-0.05, 0) is 29.0 Å². The summed E-state index contributed by atoms with van der Waals surface area (Å²) >= 11 is 0. The molecule has 0 radical (unpaired) electrons. The normalized spacial score (nSPS) is 13.0. The molecular weight excluding hydrogens is 248 g/mol. The number of rotatable bonds is 4. The van der Waals surface area contributed by atoms with Crippen molar-refractivity contribution < 1.29 is 12.6 Å². The van der Waals surface area contributed by atoms with E-state index in [4.69, 9.17) is 4.18 Å². The maximum Gasteiger partial charge on any atom is 0.296 e. The van der Waals surface area contributed by atoms with E-state index in [9.17, 15) is 8.42 Å². The zero-order valence-corrected chi connectivity index (χ0v) is 12.5. The molecule has 0 saturated carbocycles. The fourth-order valence-electron chi connectivity index (χ4n) is 1.41.